The van der Waals surface area contributed by atoms with E-state index in [9.17, 15) is 0 Å². The number of methoxy groups -OCH3 is 1. The van der Waals surface area contributed by atoms with Crippen molar-refractivity contribution in [2.45, 2.75) is 26.5 Å². The molecule has 0 aliphatic carbocycles. The van der Waals surface area contributed by atoms with Gasteiger partial charge in [0.25, 0.3) is 0 Å². The van der Waals surface area contributed by atoms with E-state index in [0.717, 1.165) is 43.0 Å². The van der Waals surface area contributed by atoms with Crippen LogP contribution in [0.3, 0.4) is 0 Å². The van der Waals surface area contributed by atoms with Crippen LogP contribution in [-0.2, 0) is 17.9 Å². The van der Waals surface area contributed by atoms with E-state index in [2.05, 4.69) is 5.32 Å². The van der Waals surface area contributed by atoms with Gasteiger partial charge in [-0.25, -0.2) is 0 Å². The summed E-state index contributed by atoms with van der Waals surface area (Å²) < 4.78 is 16.7. The van der Waals surface area contributed by atoms with Gasteiger partial charge in [0, 0.05) is 20.3 Å². The van der Waals surface area contributed by atoms with E-state index >= 15 is 0 Å². The minimum atomic E-state index is 0.394. The largest absolute Gasteiger partial charge is 0.490 e. The smallest absolute Gasteiger partial charge is 0.161 e. The van der Waals surface area contributed by atoms with Crippen LogP contribution in [0, 0.1) is 0 Å². The highest BCUT2D eigenvalue weighted by Gasteiger charge is 2.08. The van der Waals surface area contributed by atoms with Crippen LogP contribution in [0.5, 0.6) is 11.5 Å². The van der Waals surface area contributed by atoms with Crippen molar-refractivity contribution >= 4 is 23.2 Å². The molecular weight excluding hydrogens is 373 g/mol. The molecule has 0 aliphatic heterocycles. The predicted octanol–water partition coefficient (Wildman–Crippen LogP) is 5.10. The zero-order chi connectivity index (χ0) is 18.8. The number of nitrogens with one attached hydrogen (secondary N) is 1. The average molecular weight is 398 g/mol. The molecule has 1 N–H and O–H groups in total. The normalized spacial score (nSPS) is 10.8. The monoisotopic (exact) mass is 397 g/mol. The number of hydrogen-bond acceptors (Lipinski definition) is 4. The molecule has 4 nitrogen and oxygen atoms in total. The van der Waals surface area contributed by atoms with Crippen molar-refractivity contribution in [3.05, 3.63) is 57.6 Å². The van der Waals surface area contributed by atoms with Gasteiger partial charge in [0.15, 0.2) is 11.5 Å². The lowest BCUT2D eigenvalue weighted by Crippen LogP contribution is -2.16. The van der Waals surface area contributed by atoms with Gasteiger partial charge in [-0.1, -0.05) is 35.3 Å². The molecule has 0 heterocycles. The fourth-order valence-electron chi connectivity index (χ4n) is 2.41. The Kier molecular flexibility index (Phi) is 9.06. The van der Waals surface area contributed by atoms with Gasteiger partial charge in [-0.05, 0) is 55.3 Å². The maximum absolute atomic E-state index is 6.05. The first kappa shape index (κ1) is 20.8. The molecule has 6 heteroatoms. The quantitative estimate of drug-likeness (QED) is 0.535. The molecule has 142 valence electrons. The minimum Gasteiger partial charge on any atom is -0.490 e. The summed E-state index contributed by atoms with van der Waals surface area (Å²) in [6.45, 7) is 5.38. The molecule has 2 rings (SSSR count). The van der Waals surface area contributed by atoms with Gasteiger partial charge >= 0.3 is 0 Å². The summed E-state index contributed by atoms with van der Waals surface area (Å²) in [6, 6.07) is 11.5. The van der Waals surface area contributed by atoms with Crippen molar-refractivity contribution in [3.8, 4) is 11.5 Å². The minimum absolute atomic E-state index is 0.394. The lowest BCUT2D eigenvalue weighted by atomic mass is 10.2. The summed E-state index contributed by atoms with van der Waals surface area (Å²) in [7, 11) is 1.71. The number of ether oxygens (including phenoxy) is 3. The molecule has 0 radical (unpaired) electrons. The molecule has 0 aromatic heterocycles. The summed E-state index contributed by atoms with van der Waals surface area (Å²) in [5.41, 5.74) is 2.10. The van der Waals surface area contributed by atoms with Crippen molar-refractivity contribution in [1.82, 2.24) is 5.32 Å². The highest BCUT2D eigenvalue weighted by Crippen LogP contribution is 2.30. The molecule has 0 atom stereocenters. The van der Waals surface area contributed by atoms with Crippen molar-refractivity contribution in [3.63, 3.8) is 0 Å². The molecule has 0 amide bonds. The zero-order valence-corrected chi connectivity index (χ0v) is 16.7. The van der Waals surface area contributed by atoms with Gasteiger partial charge < -0.3 is 19.5 Å². The summed E-state index contributed by atoms with van der Waals surface area (Å²) in [4.78, 5) is 0. The number of benzene rings is 2. The Hall–Kier alpha value is -1.46. The molecule has 0 saturated carbocycles. The number of hydrogen-bond donors (Lipinski definition) is 1. The summed E-state index contributed by atoms with van der Waals surface area (Å²) in [6.07, 6.45) is 0.986. The Balaban J connectivity index is 1.97. The standard InChI is InChI=1S/C20H25Cl2NO3/c1-3-25-20-12-15(13-23-9-4-10-24-2)6-8-19(20)26-14-16-5-7-17(21)18(22)11-16/h5-8,11-12,23H,3-4,9-10,13-14H2,1-2H3. The van der Waals surface area contributed by atoms with Crippen molar-refractivity contribution in [1.29, 1.82) is 0 Å². The first-order valence-corrected chi connectivity index (χ1v) is 9.41. The third kappa shape index (κ3) is 6.69. The topological polar surface area (TPSA) is 39.7 Å². The summed E-state index contributed by atoms with van der Waals surface area (Å²) >= 11 is 12.0. The second-order valence-electron chi connectivity index (χ2n) is 5.77. The third-order valence-electron chi connectivity index (χ3n) is 3.72. The molecular formula is C20H25Cl2NO3. The maximum Gasteiger partial charge on any atom is 0.161 e. The van der Waals surface area contributed by atoms with Crippen LogP contribution >= 0.6 is 23.2 Å². The molecule has 0 bridgehead atoms. The number of rotatable bonds is 11. The Bertz CT molecular complexity index is 695. The van der Waals surface area contributed by atoms with Crippen LogP contribution in [0.2, 0.25) is 10.0 Å². The van der Waals surface area contributed by atoms with Crippen LogP contribution in [-0.4, -0.2) is 26.9 Å². The van der Waals surface area contributed by atoms with Crippen LogP contribution < -0.4 is 14.8 Å². The molecule has 0 unspecified atom stereocenters. The Morgan fingerprint density at radius 1 is 0.923 bits per heavy atom. The summed E-state index contributed by atoms with van der Waals surface area (Å²) in [5, 5.41) is 4.45. The first-order chi connectivity index (χ1) is 12.6. The van der Waals surface area contributed by atoms with Crippen LogP contribution in [0.1, 0.15) is 24.5 Å². The molecule has 2 aromatic carbocycles. The van der Waals surface area contributed by atoms with Crippen LogP contribution in [0.4, 0.5) is 0 Å². The van der Waals surface area contributed by atoms with Crippen molar-refractivity contribution in [2.75, 3.05) is 26.9 Å². The van der Waals surface area contributed by atoms with Gasteiger partial charge in [-0.3, -0.25) is 0 Å². The maximum atomic E-state index is 6.05. The third-order valence-corrected chi connectivity index (χ3v) is 4.46. The highest BCUT2D eigenvalue weighted by atomic mass is 35.5. The van der Waals surface area contributed by atoms with E-state index in [4.69, 9.17) is 37.4 Å². The summed E-state index contributed by atoms with van der Waals surface area (Å²) in [5.74, 6) is 1.45. The van der Waals surface area contributed by atoms with E-state index in [1.807, 2.05) is 37.3 Å². The molecule has 0 fully saturated rings. The van der Waals surface area contributed by atoms with Gasteiger partial charge in [-0.15, -0.1) is 0 Å². The molecule has 0 saturated heterocycles. The molecule has 26 heavy (non-hydrogen) atoms. The number of halogens is 2. The van der Waals surface area contributed by atoms with Crippen LogP contribution in [0.15, 0.2) is 36.4 Å². The Morgan fingerprint density at radius 3 is 2.46 bits per heavy atom. The predicted molar refractivity (Wildman–Crippen MR) is 107 cm³/mol. The van der Waals surface area contributed by atoms with E-state index in [1.54, 1.807) is 13.2 Å². The fraction of sp³-hybridized carbons (Fsp3) is 0.400. The first-order valence-electron chi connectivity index (χ1n) is 8.66. The van der Waals surface area contributed by atoms with Gasteiger partial charge in [0.2, 0.25) is 0 Å². The second-order valence-corrected chi connectivity index (χ2v) is 6.59. The van der Waals surface area contributed by atoms with Crippen LogP contribution in [0.25, 0.3) is 0 Å². The van der Waals surface area contributed by atoms with E-state index in [0.29, 0.717) is 29.0 Å². The molecule has 0 aliphatic rings. The van der Waals surface area contributed by atoms with E-state index < -0.39 is 0 Å². The van der Waals surface area contributed by atoms with Gasteiger partial charge in [0.1, 0.15) is 6.61 Å². The molecule has 2 aromatic rings. The SMILES string of the molecule is CCOc1cc(CNCCCOC)ccc1OCc1ccc(Cl)c(Cl)c1. The zero-order valence-electron chi connectivity index (χ0n) is 15.2. The molecule has 0 spiro atoms. The lowest BCUT2D eigenvalue weighted by Gasteiger charge is -2.14. The van der Waals surface area contributed by atoms with Gasteiger partial charge in [0.05, 0.1) is 16.7 Å². The Labute approximate surface area is 165 Å². The second kappa shape index (κ2) is 11.3. The van der Waals surface area contributed by atoms with Gasteiger partial charge in [-0.2, -0.15) is 0 Å². The Morgan fingerprint density at radius 2 is 1.73 bits per heavy atom. The average Bonchev–Trinajstić information content (AvgIpc) is 2.64. The lowest BCUT2D eigenvalue weighted by molar-refractivity contribution is 0.194. The van der Waals surface area contributed by atoms with Crippen molar-refractivity contribution in [2.24, 2.45) is 0 Å². The van der Waals surface area contributed by atoms with Crippen molar-refractivity contribution < 1.29 is 14.2 Å². The fourth-order valence-corrected chi connectivity index (χ4v) is 2.74. The highest BCUT2D eigenvalue weighted by molar-refractivity contribution is 6.42. The van der Waals surface area contributed by atoms with E-state index in [1.165, 1.54) is 0 Å². The van der Waals surface area contributed by atoms with E-state index in [-0.39, 0.29) is 0 Å².